The van der Waals surface area contributed by atoms with E-state index in [1.807, 2.05) is 0 Å². The number of pyridine rings is 1. The van der Waals surface area contributed by atoms with Gasteiger partial charge in [-0.05, 0) is 47.3 Å². The first-order valence-corrected chi connectivity index (χ1v) is 6.67. The Morgan fingerprint density at radius 1 is 1.44 bits per heavy atom. The number of carbonyl (C=O) groups excluding carboxylic acids is 2. The molecular formula is C12H14BrN3O2. The van der Waals surface area contributed by atoms with Crippen molar-refractivity contribution >= 4 is 27.7 Å². The SMILES string of the molecule is O=C(NC1CCCCNC1=O)c1cccc(Br)n1. The summed E-state index contributed by atoms with van der Waals surface area (Å²) in [5.74, 6) is -0.436. The number of nitrogens with zero attached hydrogens (tertiary/aromatic N) is 1. The largest absolute Gasteiger partial charge is 0.354 e. The van der Waals surface area contributed by atoms with Gasteiger partial charge < -0.3 is 10.6 Å². The second-order valence-corrected chi connectivity index (χ2v) is 4.97. The average Bonchev–Trinajstić information content (AvgIpc) is 2.55. The summed E-state index contributed by atoms with van der Waals surface area (Å²) in [5, 5.41) is 5.50. The molecule has 1 aliphatic rings. The zero-order chi connectivity index (χ0) is 13.0. The molecule has 2 heterocycles. The number of nitrogens with one attached hydrogen (secondary N) is 2. The van der Waals surface area contributed by atoms with E-state index in [4.69, 9.17) is 0 Å². The zero-order valence-corrected chi connectivity index (χ0v) is 11.4. The molecule has 0 bridgehead atoms. The fourth-order valence-electron chi connectivity index (χ4n) is 1.84. The monoisotopic (exact) mass is 311 g/mol. The molecular weight excluding hydrogens is 298 g/mol. The van der Waals surface area contributed by atoms with Gasteiger partial charge in [-0.2, -0.15) is 0 Å². The minimum absolute atomic E-state index is 0.115. The second kappa shape index (κ2) is 5.95. The molecule has 1 saturated heterocycles. The van der Waals surface area contributed by atoms with Gasteiger partial charge in [-0.3, -0.25) is 9.59 Å². The Labute approximate surface area is 113 Å². The van der Waals surface area contributed by atoms with Crippen molar-refractivity contribution in [3.8, 4) is 0 Å². The van der Waals surface area contributed by atoms with Crippen LogP contribution in [0.1, 0.15) is 29.8 Å². The van der Waals surface area contributed by atoms with E-state index in [-0.39, 0.29) is 11.8 Å². The van der Waals surface area contributed by atoms with Gasteiger partial charge in [-0.1, -0.05) is 6.07 Å². The first-order valence-electron chi connectivity index (χ1n) is 5.88. The molecule has 0 radical (unpaired) electrons. The van der Waals surface area contributed by atoms with Gasteiger partial charge in [0, 0.05) is 6.54 Å². The highest BCUT2D eigenvalue weighted by molar-refractivity contribution is 9.10. The summed E-state index contributed by atoms with van der Waals surface area (Å²) in [5.41, 5.74) is 0.307. The number of aromatic nitrogens is 1. The van der Waals surface area contributed by atoms with Crippen LogP contribution in [0.2, 0.25) is 0 Å². The van der Waals surface area contributed by atoms with Gasteiger partial charge in [0.25, 0.3) is 5.91 Å². The molecule has 0 aliphatic carbocycles. The molecule has 2 amide bonds. The molecule has 2 N–H and O–H groups in total. The van der Waals surface area contributed by atoms with Gasteiger partial charge in [-0.25, -0.2) is 4.98 Å². The summed E-state index contributed by atoms with van der Waals surface area (Å²) in [4.78, 5) is 27.7. The van der Waals surface area contributed by atoms with E-state index in [1.165, 1.54) is 0 Å². The first kappa shape index (κ1) is 13.0. The highest BCUT2D eigenvalue weighted by Gasteiger charge is 2.23. The molecule has 1 unspecified atom stereocenters. The second-order valence-electron chi connectivity index (χ2n) is 4.16. The molecule has 1 aromatic rings. The van der Waals surface area contributed by atoms with Crippen molar-refractivity contribution in [1.82, 2.24) is 15.6 Å². The maximum Gasteiger partial charge on any atom is 0.270 e. The molecule has 1 fully saturated rings. The summed E-state index contributed by atoms with van der Waals surface area (Å²) >= 11 is 3.21. The van der Waals surface area contributed by atoms with Gasteiger partial charge in [0.05, 0.1) is 0 Å². The Bertz CT molecular complexity index is 464. The number of hydrogen-bond donors (Lipinski definition) is 2. The number of rotatable bonds is 2. The lowest BCUT2D eigenvalue weighted by molar-refractivity contribution is -0.122. The van der Waals surface area contributed by atoms with Gasteiger partial charge >= 0.3 is 0 Å². The van der Waals surface area contributed by atoms with E-state index in [0.717, 1.165) is 12.8 Å². The molecule has 2 rings (SSSR count). The standard InChI is InChI=1S/C12H14BrN3O2/c13-10-6-3-5-9(15-10)12(18)16-8-4-1-2-7-14-11(8)17/h3,5-6,8H,1-2,4,7H2,(H,14,17)(H,16,18). The van der Waals surface area contributed by atoms with Crippen LogP contribution < -0.4 is 10.6 Å². The van der Waals surface area contributed by atoms with Crippen LogP contribution in [0.15, 0.2) is 22.8 Å². The Hall–Kier alpha value is -1.43. The lowest BCUT2D eigenvalue weighted by Gasteiger charge is -2.14. The predicted molar refractivity (Wildman–Crippen MR) is 70.1 cm³/mol. The minimum Gasteiger partial charge on any atom is -0.354 e. The van der Waals surface area contributed by atoms with Gasteiger partial charge in [0.15, 0.2) is 0 Å². The van der Waals surface area contributed by atoms with E-state index in [2.05, 4.69) is 31.5 Å². The molecule has 6 heteroatoms. The van der Waals surface area contributed by atoms with Crippen molar-refractivity contribution in [3.05, 3.63) is 28.5 Å². The summed E-state index contributed by atoms with van der Waals surface area (Å²) < 4.78 is 0.598. The van der Waals surface area contributed by atoms with Crippen molar-refractivity contribution < 1.29 is 9.59 Å². The van der Waals surface area contributed by atoms with E-state index >= 15 is 0 Å². The third-order valence-corrected chi connectivity index (χ3v) is 3.23. The molecule has 0 spiro atoms. The molecule has 96 valence electrons. The Kier molecular flexibility index (Phi) is 4.30. The fourth-order valence-corrected chi connectivity index (χ4v) is 2.19. The van der Waals surface area contributed by atoms with E-state index in [0.29, 0.717) is 23.3 Å². The van der Waals surface area contributed by atoms with Crippen LogP contribution in [0, 0.1) is 0 Å². The third kappa shape index (κ3) is 3.29. The maximum absolute atomic E-state index is 11.9. The maximum atomic E-state index is 11.9. The van der Waals surface area contributed by atoms with Crippen molar-refractivity contribution in [2.24, 2.45) is 0 Å². The van der Waals surface area contributed by atoms with Crippen LogP contribution in [0.4, 0.5) is 0 Å². The van der Waals surface area contributed by atoms with E-state index in [1.54, 1.807) is 18.2 Å². The predicted octanol–water partition coefficient (Wildman–Crippen LogP) is 1.24. The van der Waals surface area contributed by atoms with Crippen molar-refractivity contribution in [1.29, 1.82) is 0 Å². The van der Waals surface area contributed by atoms with Crippen LogP contribution in [-0.4, -0.2) is 29.4 Å². The quantitative estimate of drug-likeness (QED) is 0.807. The normalized spacial score (nSPS) is 19.8. The summed E-state index contributed by atoms with van der Waals surface area (Å²) in [7, 11) is 0. The van der Waals surface area contributed by atoms with Gasteiger partial charge in [0.1, 0.15) is 16.3 Å². The van der Waals surface area contributed by atoms with Crippen LogP contribution in [-0.2, 0) is 4.79 Å². The molecule has 0 saturated carbocycles. The number of carbonyl (C=O) groups is 2. The van der Waals surface area contributed by atoms with E-state index < -0.39 is 6.04 Å². The highest BCUT2D eigenvalue weighted by atomic mass is 79.9. The molecule has 1 atom stereocenters. The van der Waals surface area contributed by atoms with E-state index in [9.17, 15) is 9.59 Å². The van der Waals surface area contributed by atoms with Crippen LogP contribution in [0.5, 0.6) is 0 Å². The van der Waals surface area contributed by atoms with Gasteiger partial charge in [0.2, 0.25) is 5.91 Å². The summed E-state index contributed by atoms with van der Waals surface area (Å²) in [6.45, 7) is 0.681. The molecule has 0 aromatic carbocycles. The topological polar surface area (TPSA) is 71.1 Å². The van der Waals surface area contributed by atoms with Gasteiger partial charge in [-0.15, -0.1) is 0 Å². The molecule has 1 aromatic heterocycles. The lowest BCUT2D eigenvalue weighted by atomic mass is 10.1. The fraction of sp³-hybridized carbons (Fsp3) is 0.417. The number of halogens is 1. The van der Waals surface area contributed by atoms with Crippen LogP contribution in [0.25, 0.3) is 0 Å². The van der Waals surface area contributed by atoms with Crippen LogP contribution in [0.3, 0.4) is 0 Å². The molecule has 5 nitrogen and oxygen atoms in total. The molecule has 18 heavy (non-hydrogen) atoms. The Balaban J connectivity index is 2.04. The minimum atomic E-state index is -0.458. The average molecular weight is 312 g/mol. The van der Waals surface area contributed by atoms with Crippen molar-refractivity contribution in [2.75, 3.05) is 6.54 Å². The summed E-state index contributed by atoms with van der Waals surface area (Å²) in [6, 6.07) is 4.64. The van der Waals surface area contributed by atoms with Crippen molar-refractivity contribution in [3.63, 3.8) is 0 Å². The summed E-state index contributed by atoms with van der Waals surface area (Å²) in [6.07, 6.45) is 2.55. The first-order chi connectivity index (χ1) is 8.66. The Morgan fingerprint density at radius 2 is 2.28 bits per heavy atom. The Morgan fingerprint density at radius 3 is 3.06 bits per heavy atom. The highest BCUT2D eigenvalue weighted by Crippen LogP contribution is 2.09. The number of hydrogen-bond acceptors (Lipinski definition) is 3. The third-order valence-electron chi connectivity index (χ3n) is 2.79. The van der Waals surface area contributed by atoms with Crippen LogP contribution >= 0.6 is 15.9 Å². The number of amides is 2. The molecule has 1 aliphatic heterocycles. The lowest BCUT2D eigenvalue weighted by Crippen LogP contribution is -2.45. The van der Waals surface area contributed by atoms with Crippen molar-refractivity contribution in [2.45, 2.75) is 25.3 Å². The zero-order valence-electron chi connectivity index (χ0n) is 9.78. The smallest absolute Gasteiger partial charge is 0.270 e.